The summed E-state index contributed by atoms with van der Waals surface area (Å²) in [5.41, 5.74) is 4.62. The van der Waals surface area contributed by atoms with Gasteiger partial charge in [0.05, 0.1) is 0 Å². The van der Waals surface area contributed by atoms with Crippen molar-refractivity contribution in [1.82, 2.24) is 15.2 Å². The first-order valence-corrected chi connectivity index (χ1v) is 12.1. The Morgan fingerprint density at radius 2 is 2.00 bits per heavy atom. The summed E-state index contributed by atoms with van der Waals surface area (Å²) in [6.07, 6.45) is 2.07. The third kappa shape index (κ3) is 6.84. The van der Waals surface area contributed by atoms with Crippen LogP contribution in [0.2, 0.25) is 0 Å². The Hall–Kier alpha value is -2.31. The molecule has 0 fully saturated rings. The number of nitrogens with one attached hydrogen (secondary N) is 1. The maximum atomic E-state index is 12.7. The molecule has 0 aliphatic heterocycles. The Kier molecular flexibility index (Phi) is 8.55. The molecule has 3 aromatic rings. The molecule has 1 amide bonds. The van der Waals surface area contributed by atoms with Gasteiger partial charge in [0, 0.05) is 17.4 Å². The largest absolute Gasteiger partial charge is 0.431 e. The van der Waals surface area contributed by atoms with E-state index in [1.165, 1.54) is 5.56 Å². The highest BCUT2D eigenvalue weighted by Crippen LogP contribution is 2.27. The average molecular weight is 440 g/mol. The predicted octanol–water partition coefficient (Wildman–Crippen LogP) is 5.67. The number of carbonyl (C=O) groups excluding carboxylic acids is 1. The van der Waals surface area contributed by atoms with Gasteiger partial charge < -0.3 is 14.6 Å². The number of oxazole rings is 1. The highest BCUT2D eigenvalue weighted by molar-refractivity contribution is 7.98. The molecule has 0 radical (unpaired) electrons. The second-order valence-electron chi connectivity index (χ2n) is 7.98. The van der Waals surface area contributed by atoms with Gasteiger partial charge in [0.1, 0.15) is 5.52 Å². The van der Waals surface area contributed by atoms with Gasteiger partial charge >= 0.3 is 0 Å². The van der Waals surface area contributed by atoms with Gasteiger partial charge in [-0.1, -0.05) is 43.8 Å². The van der Waals surface area contributed by atoms with Crippen LogP contribution in [-0.4, -0.2) is 41.5 Å². The van der Waals surface area contributed by atoms with Gasteiger partial charge in [-0.25, -0.2) is 4.98 Å². The van der Waals surface area contributed by atoms with Crippen LogP contribution < -0.4 is 5.32 Å². The van der Waals surface area contributed by atoms with E-state index >= 15 is 0 Å². The van der Waals surface area contributed by atoms with Crippen molar-refractivity contribution in [2.45, 2.75) is 57.6 Å². The molecule has 3 rings (SSSR count). The number of hydrogen-bond acceptors (Lipinski definition) is 5. The van der Waals surface area contributed by atoms with Gasteiger partial charge in [0.15, 0.2) is 5.58 Å². The molecule has 1 N–H and O–H groups in total. The first-order chi connectivity index (χ1) is 15.0. The van der Waals surface area contributed by atoms with Crippen LogP contribution in [0.4, 0.5) is 0 Å². The van der Waals surface area contributed by atoms with Crippen molar-refractivity contribution in [3.8, 4) is 0 Å². The molecule has 6 heteroatoms. The van der Waals surface area contributed by atoms with Crippen LogP contribution in [0.15, 0.2) is 52.1 Å². The highest BCUT2D eigenvalue weighted by Gasteiger charge is 2.12. The SMILES string of the molecule is CCN(CC)CCCC(C)NC(=O)c1cccc(CSc2nc3cc(C)ccc3o2)c1. The number of aryl methyl sites for hydroxylation is 1. The lowest BCUT2D eigenvalue weighted by Gasteiger charge is -2.19. The summed E-state index contributed by atoms with van der Waals surface area (Å²) < 4.78 is 5.81. The van der Waals surface area contributed by atoms with E-state index in [9.17, 15) is 4.79 Å². The summed E-state index contributed by atoms with van der Waals surface area (Å²) in [6, 6.07) is 14.0. The fraction of sp³-hybridized carbons (Fsp3) is 0.440. The number of fused-ring (bicyclic) bond motifs is 1. The molecule has 1 atom stereocenters. The van der Waals surface area contributed by atoms with Crippen molar-refractivity contribution in [1.29, 1.82) is 0 Å². The Balaban J connectivity index is 1.52. The smallest absolute Gasteiger partial charge is 0.257 e. The quantitative estimate of drug-likeness (QED) is 0.390. The summed E-state index contributed by atoms with van der Waals surface area (Å²) >= 11 is 1.54. The fourth-order valence-electron chi connectivity index (χ4n) is 3.57. The van der Waals surface area contributed by atoms with Crippen molar-refractivity contribution in [3.05, 3.63) is 59.2 Å². The van der Waals surface area contributed by atoms with Crippen molar-refractivity contribution in [2.75, 3.05) is 19.6 Å². The molecule has 1 heterocycles. The Labute approximate surface area is 189 Å². The molecule has 5 nitrogen and oxygen atoms in total. The van der Waals surface area contributed by atoms with Crippen LogP contribution in [0, 0.1) is 6.92 Å². The zero-order chi connectivity index (χ0) is 22.2. The van der Waals surface area contributed by atoms with E-state index in [-0.39, 0.29) is 11.9 Å². The number of aromatic nitrogens is 1. The Bertz CT molecular complexity index is 997. The topological polar surface area (TPSA) is 58.4 Å². The van der Waals surface area contributed by atoms with E-state index in [1.54, 1.807) is 11.8 Å². The maximum absolute atomic E-state index is 12.7. The van der Waals surface area contributed by atoms with Gasteiger partial charge in [-0.2, -0.15) is 0 Å². The minimum Gasteiger partial charge on any atom is -0.431 e. The van der Waals surface area contributed by atoms with E-state index in [0.29, 0.717) is 16.5 Å². The number of amides is 1. The van der Waals surface area contributed by atoms with Crippen molar-refractivity contribution in [3.63, 3.8) is 0 Å². The summed E-state index contributed by atoms with van der Waals surface area (Å²) in [6.45, 7) is 11.7. The van der Waals surface area contributed by atoms with Crippen molar-refractivity contribution < 1.29 is 9.21 Å². The lowest BCUT2D eigenvalue weighted by Crippen LogP contribution is -2.33. The molecule has 0 bridgehead atoms. The molecule has 1 unspecified atom stereocenters. The summed E-state index contributed by atoms with van der Waals surface area (Å²) in [7, 11) is 0. The fourth-order valence-corrected chi connectivity index (χ4v) is 4.35. The van der Waals surface area contributed by atoms with Gasteiger partial charge in [0.25, 0.3) is 11.1 Å². The molecule has 31 heavy (non-hydrogen) atoms. The van der Waals surface area contributed by atoms with Crippen LogP contribution >= 0.6 is 11.8 Å². The minimum absolute atomic E-state index is 0.0143. The van der Waals surface area contributed by atoms with Crippen LogP contribution in [0.5, 0.6) is 0 Å². The molecule has 0 spiro atoms. The maximum Gasteiger partial charge on any atom is 0.257 e. The lowest BCUT2D eigenvalue weighted by molar-refractivity contribution is 0.0937. The van der Waals surface area contributed by atoms with E-state index in [0.717, 1.165) is 49.1 Å². The third-order valence-electron chi connectivity index (χ3n) is 5.46. The Morgan fingerprint density at radius 1 is 1.19 bits per heavy atom. The minimum atomic E-state index is -0.0143. The number of hydrogen-bond donors (Lipinski definition) is 1. The summed E-state index contributed by atoms with van der Waals surface area (Å²) in [5.74, 6) is 0.686. The number of carbonyl (C=O) groups is 1. The first-order valence-electron chi connectivity index (χ1n) is 11.1. The zero-order valence-corrected chi connectivity index (χ0v) is 19.8. The van der Waals surface area contributed by atoms with Crippen LogP contribution in [-0.2, 0) is 5.75 Å². The second kappa shape index (κ2) is 11.3. The molecule has 0 aliphatic carbocycles. The molecular formula is C25H33N3O2S. The first kappa shape index (κ1) is 23.4. The second-order valence-corrected chi connectivity index (χ2v) is 8.91. The molecular weight excluding hydrogens is 406 g/mol. The van der Waals surface area contributed by atoms with Gasteiger partial charge in [-0.3, -0.25) is 4.79 Å². The average Bonchev–Trinajstić information content (AvgIpc) is 3.17. The van der Waals surface area contributed by atoms with Gasteiger partial charge in [0.2, 0.25) is 0 Å². The standard InChI is InChI=1S/C25H33N3O2S/c1-5-28(6-2)14-8-9-19(4)26-24(29)21-11-7-10-20(16-21)17-31-25-27-22-15-18(3)12-13-23(22)30-25/h7,10-13,15-16,19H,5-6,8-9,14,17H2,1-4H3,(H,26,29). The van der Waals surface area contributed by atoms with Crippen LogP contribution in [0.3, 0.4) is 0 Å². The lowest BCUT2D eigenvalue weighted by atomic mass is 10.1. The normalized spacial score (nSPS) is 12.4. The number of rotatable bonds is 11. The molecule has 166 valence electrons. The number of benzene rings is 2. The van der Waals surface area contributed by atoms with E-state index in [4.69, 9.17) is 4.42 Å². The van der Waals surface area contributed by atoms with Gasteiger partial charge in [-0.05, 0) is 81.7 Å². The summed E-state index contributed by atoms with van der Waals surface area (Å²) in [4.78, 5) is 19.6. The zero-order valence-electron chi connectivity index (χ0n) is 19.0. The molecule has 2 aromatic carbocycles. The molecule has 0 saturated carbocycles. The summed E-state index contributed by atoms with van der Waals surface area (Å²) in [5, 5.41) is 3.79. The van der Waals surface area contributed by atoms with E-state index in [2.05, 4.69) is 36.0 Å². The van der Waals surface area contributed by atoms with Crippen LogP contribution in [0.1, 0.15) is 55.1 Å². The monoisotopic (exact) mass is 439 g/mol. The van der Waals surface area contributed by atoms with E-state index in [1.807, 2.05) is 49.4 Å². The predicted molar refractivity (Wildman–Crippen MR) is 129 cm³/mol. The molecule has 1 aromatic heterocycles. The number of nitrogens with zero attached hydrogens (tertiary/aromatic N) is 2. The van der Waals surface area contributed by atoms with Crippen molar-refractivity contribution in [2.24, 2.45) is 0 Å². The van der Waals surface area contributed by atoms with Crippen LogP contribution in [0.25, 0.3) is 11.1 Å². The van der Waals surface area contributed by atoms with Gasteiger partial charge in [-0.15, -0.1) is 0 Å². The number of thioether (sulfide) groups is 1. The van der Waals surface area contributed by atoms with E-state index < -0.39 is 0 Å². The van der Waals surface area contributed by atoms with Crippen molar-refractivity contribution >= 4 is 28.8 Å². The third-order valence-corrected chi connectivity index (χ3v) is 6.36. The molecule has 0 aliphatic rings. The Morgan fingerprint density at radius 3 is 2.77 bits per heavy atom. The molecule has 0 saturated heterocycles. The highest BCUT2D eigenvalue weighted by atomic mass is 32.2.